The van der Waals surface area contributed by atoms with Crippen LogP contribution in [-0.2, 0) is 0 Å². The molecule has 1 nitrogen and oxygen atoms in total. The number of rotatable bonds is 5. The molecule has 0 aliphatic heterocycles. The first kappa shape index (κ1) is 13.2. The van der Waals surface area contributed by atoms with E-state index < -0.39 is 0 Å². The number of hydrogen-bond donors (Lipinski definition) is 1. The predicted molar refractivity (Wildman–Crippen MR) is 77.8 cm³/mol. The van der Waals surface area contributed by atoms with Crippen LogP contribution in [0.3, 0.4) is 0 Å². The summed E-state index contributed by atoms with van der Waals surface area (Å²) in [5.74, 6) is 0. The van der Waals surface area contributed by atoms with Gasteiger partial charge in [-0.15, -0.1) is 11.8 Å². The molecule has 0 saturated carbocycles. The Morgan fingerprint density at radius 2 is 1.50 bits per heavy atom. The second-order valence-corrected chi connectivity index (χ2v) is 5.45. The molecule has 94 valence electrons. The van der Waals surface area contributed by atoms with Crippen molar-refractivity contribution in [2.24, 2.45) is 0 Å². The van der Waals surface area contributed by atoms with Gasteiger partial charge in [-0.25, -0.2) is 0 Å². The fourth-order valence-corrected chi connectivity index (χ4v) is 3.12. The van der Waals surface area contributed by atoms with Crippen molar-refractivity contribution in [2.45, 2.75) is 29.6 Å². The van der Waals surface area contributed by atoms with Gasteiger partial charge in [-0.05, 0) is 24.1 Å². The van der Waals surface area contributed by atoms with Crippen LogP contribution in [0.2, 0.25) is 0 Å². The van der Waals surface area contributed by atoms with E-state index in [0.29, 0.717) is 0 Å². The van der Waals surface area contributed by atoms with Crippen molar-refractivity contribution in [3.05, 3.63) is 66.2 Å². The van der Waals surface area contributed by atoms with Gasteiger partial charge in [0.15, 0.2) is 0 Å². The van der Waals surface area contributed by atoms with E-state index in [1.165, 1.54) is 10.5 Å². The predicted octanol–water partition coefficient (Wildman–Crippen LogP) is 4.29. The molecule has 2 atom stereocenters. The van der Waals surface area contributed by atoms with E-state index in [1.807, 2.05) is 43.3 Å². The van der Waals surface area contributed by atoms with Crippen molar-refractivity contribution in [3.8, 4) is 0 Å². The Morgan fingerprint density at radius 3 is 2.06 bits per heavy atom. The maximum Gasteiger partial charge on any atom is 0.0700 e. The summed E-state index contributed by atoms with van der Waals surface area (Å²) < 4.78 is 0. The van der Waals surface area contributed by atoms with Gasteiger partial charge in [0.25, 0.3) is 0 Å². The molecule has 0 aliphatic carbocycles. The summed E-state index contributed by atoms with van der Waals surface area (Å²) in [6.45, 7) is 2.02. The van der Waals surface area contributed by atoms with Crippen LogP contribution in [0.5, 0.6) is 0 Å². The van der Waals surface area contributed by atoms with Crippen molar-refractivity contribution in [1.29, 1.82) is 0 Å². The zero-order valence-electron chi connectivity index (χ0n) is 10.5. The first-order valence-electron chi connectivity index (χ1n) is 6.26. The van der Waals surface area contributed by atoms with Gasteiger partial charge < -0.3 is 5.11 Å². The summed E-state index contributed by atoms with van der Waals surface area (Å²) in [5, 5.41) is 10.3. The SMILES string of the molecule is CCC(O)C(Sc1ccccc1)c1ccccc1. The molecular weight excluding hydrogens is 240 g/mol. The minimum atomic E-state index is -0.322. The quantitative estimate of drug-likeness (QED) is 0.807. The third-order valence-electron chi connectivity index (χ3n) is 2.90. The molecular formula is C16H18OS. The maximum absolute atomic E-state index is 10.2. The summed E-state index contributed by atoms with van der Waals surface area (Å²) >= 11 is 1.72. The topological polar surface area (TPSA) is 20.2 Å². The second kappa shape index (κ2) is 6.62. The summed E-state index contributed by atoms with van der Waals surface area (Å²) in [5.41, 5.74) is 1.18. The highest BCUT2D eigenvalue weighted by Gasteiger charge is 2.20. The largest absolute Gasteiger partial charge is 0.392 e. The maximum atomic E-state index is 10.2. The van der Waals surface area contributed by atoms with Crippen LogP contribution in [0, 0.1) is 0 Å². The van der Waals surface area contributed by atoms with Gasteiger partial charge in [-0.1, -0.05) is 55.5 Å². The number of thioether (sulfide) groups is 1. The van der Waals surface area contributed by atoms with Crippen molar-refractivity contribution >= 4 is 11.8 Å². The first-order chi connectivity index (χ1) is 8.81. The van der Waals surface area contributed by atoms with E-state index in [2.05, 4.69) is 24.3 Å². The lowest BCUT2D eigenvalue weighted by molar-refractivity contribution is 0.167. The standard InChI is InChI=1S/C16H18OS/c1-2-15(17)16(13-9-5-3-6-10-13)18-14-11-7-4-8-12-14/h3-12,15-17H,2H2,1H3. The van der Waals surface area contributed by atoms with Crippen LogP contribution in [0.25, 0.3) is 0 Å². The van der Waals surface area contributed by atoms with E-state index in [0.717, 1.165) is 6.42 Å². The molecule has 1 N–H and O–H groups in total. The van der Waals surface area contributed by atoms with Gasteiger partial charge in [0.05, 0.1) is 11.4 Å². The van der Waals surface area contributed by atoms with Crippen molar-refractivity contribution in [3.63, 3.8) is 0 Å². The van der Waals surface area contributed by atoms with E-state index >= 15 is 0 Å². The molecule has 0 aliphatic rings. The van der Waals surface area contributed by atoms with E-state index in [4.69, 9.17) is 0 Å². The monoisotopic (exact) mass is 258 g/mol. The molecule has 0 fully saturated rings. The van der Waals surface area contributed by atoms with Crippen LogP contribution in [0.15, 0.2) is 65.6 Å². The van der Waals surface area contributed by atoms with Gasteiger partial charge in [-0.2, -0.15) is 0 Å². The van der Waals surface area contributed by atoms with Crippen LogP contribution < -0.4 is 0 Å². The highest BCUT2D eigenvalue weighted by Crippen LogP contribution is 2.38. The van der Waals surface area contributed by atoms with Gasteiger partial charge >= 0.3 is 0 Å². The Labute approximate surface area is 113 Å². The van der Waals surface area contributed by atoms with Crippen molar-refractivity contribution in [1.82, 2.24) is 0 Å². The second-order valence-electron chi connectivity index (χ2n) is 4.24. The van der Waals surface area contributed by atoms with Gasteiger partial charge in [0.2, 0.25) is 0 Å². The first-order valence-corrected chi connectivity index (χ1v) is 7.14. The fraction of sp³-hybridized carbons (Fsp3) is 0.250. The third kappa shape index (κ3) is 3.37. The molecule has 18 heavy (non-hydrogen) atoms. The Hall–Kier alpha value is -1.25. The van der Waals surface area contributed by atoms with E-state index in [9.17, 15) is 5.11 Å². The molecule has 0 amide bonds. The van der Waals surface area contributed by atoms with Gasteiger partial charge in [0.1, 0.15) is 0 Å². The zero-order valence-corrected chi connectivity index (χ0v) is 11.3. The van der Waals surface area contributed by atoms with E-state index in [1.54, 1.807) is 11.8 Å². The average molecular weight is 258 g/mol. The lowest BCUT2D eigenvalue weighted by Crippen LogP contribution is -2.14. The average Bonchev–Trinajstić information content (AvgIpc) is 2.46. The Bertz CT molecular complexity index is 455. The molecule has 0 radical (unpaired) electrons. The number of hydrogen-bond acceptors (Lipinski definition) is 2. The molecule has 2 aromatic rings. The molecule has 2 aromatic carbocycles. The minimum Gasteiger partial charge on any atom is -0.392 e. The molecule has 2 unspecified atom stereocenters. The lowest BCUT2D eigenvalue weighted by Gasteiger charge is -2.22. The Kier molecular flexibility index (Phi) is 4.85. The minimum absolute atomic E-state index is 0.0959. The highest BCUT2D eigenvalue weighted by atomic mass is 32.2. The molecule has 0 bridgehead atoms. The molecule has 2 heteroatoms. The number of aliphatic hydroxyl groups excluding tert-OH is 1. The van der Waals surface area contributed by atoms with Crippen LogP contribution >= 0.6 is 11.8 Å². The third-order valence-corrected chi connectivity index (χ3v) is 4.29. The van der Waals surface area contributed by atoms with Gasteiger partial charge in [0, 0.05) is 4.90 Å². The fourth-order valence-electron chi connectivity index (χ4n) is 1.87. The number of benzene rings is 2. The Balaban J connectivity index is 2.21. The summed E-state index contributed by atoms with van der Waals surface area (Å²) in [6, 6.07) is 20.5. The molecule has 2 rings (SSSR count). The molecule has 0 saturated heterocycles. The summed E-state index contributed by atoms with van der Waals surface area (Å²) in [6.07, 6.45) is 0.442. The zero-order chi connectivity index (χ0) is 12.8. The summed E-state index contributed by atoms with van der Waals surface area (Å²) in [4.78, 5) is 1.19. The highest BCUT2D eigenvalue weighted by molar-refractivity contribution is 7.99. The van der Waals surface area contributed by atoms with Crippen molar-refractivity contribution in [2.75, 3.05) is 0 Å². The molecule has 0 spiro atoms. The van der Waals surface area contributed by atoms with Crippen LogP contribution in [-0.4, -0.2) is 11.2 Å². The number of aliphatic hydroxyl groups is 1. The molecule has 0 aromatic heterocycles. The summed E-state index contributed by atoms with van der Waals surface area (Å²) in [7, 11) is 0. The Morgan fingerprint density at radius 1 is 0.944 bits per heavy atom. The smallest absolute Gasteiger partial charge is 0.0700 e. The van der Waals surface area contributed by atoms with E-state index in [-0.39, 0.29) is 11.4 Å². The van der Waals surface area contributed by atoms with Crippen LogP contribution in [0.4, 0.5) is 0 Å². The van der Waals surface area contributed by atoms with Gasteiger partial charge in [-0.3, -0.25) is 0 Å². The lowest BCUT2D eigenvalue weighted by atomic mass is 10.1. The normalized spacial score (nSPS) is 14.1. The van der Waals surface area contributed by atoms with Crippen LogP contribution in [0.1, 0.15) is 24.2 Å². The molecule has 0 heterocycles. The van der Waals surface area contributed by atoms with Crippen molar-refractivity contribution < 1.29 is 5.11 Å².